The molecule has 0 spiro atoms. The number of rotatable bonds is 7. The van der Waals surface area contributed by atoms with E-state index in [0.29, 0.717) is 0 Å². The molecule has 1 aromatic heterocycles. The number of para-hydroxylation sites is 1. The third kappa shape index (κ3) is 5.71. The molecule has 2 heteroatoms. The van der Waals surface area contributed by atoms with E-state index >= 15 is 0 Å². The van der Waals surface area contributed by atoms with Crippen molar-refractivity contribution in [1.29, 1.82) is 0 Å². The van der Waals surface area contributed by atoms with E-state index in [1.54, 1.807) is 0 Å². The van der Waals surface area contributed by atoms with Crippen LogP contribution in [-0.2, 0) is 0 Å². The van der Waals surface area contributed by atoms with Crippen molar-refractivity contribution in [3.63, 3.8) is 0 Å². The van der Waals surface area contributed by atoms with Gasteiger partial charge in [-0.1, -0.05) is 158 Å². The average Bonchev–Trinajstić information content (AvgIpc) is 3.64. The Kier molecular flexibility index (Phi) is 7.85. The second-order valence-electron chi connectivity index (χ2n) is 13.7. The number of furan rings is 1. The molecular formula is C52H35NO. The van der Waals surface area contributed by atoms with Crippen LogP contribution < -0.4 is 4.90 Å². The Morgan fingerprint density at radius 3 is 1.61 bits per heavy atom. The van der Waals surface area contributed by atoms with Gasteiger partial charge in [-0.3, -0.25) is 0 Å². The van der Waals surface area contributed by atoms with Gasteiger partial charge >= 0.3 is 0 Å². The van der Waals surface area contributed by atoms with Gasteiger partial charge in [-0.15, -0.1) is 0 Å². The van der Waals surface area contributed by atoms with Gasteiger partial charge in [-0.25, -0.2) is 0 Å². The third-order valence-electron chi connectivity index (χ3n) is 10.4. The molecule has 9 aromatic carbocycles. The zero-order valence-electron chi connectivity index (χ0n) is 29.6. The molecule has 0 atom stereocenters. The van der Waals surface area contributed by atoms with Crippen LogP contribution in [-0.4, -0.2) is 0 Å². The molecule has 54 heavy (non-hydrogen) atoms. The average molecular weight is 690 g/mol. The van der Waals surface area contributed by atoms with Gasteiger partial charge in [0.25, 0.3) is 0 Å². The smallest absolute Gasteiger partial charge is 0.137 e. The first-order chi connectivity index (χ1) is 26.8. The Labute approximate surface area is 314 Å². The topological polar surface area (TPSA) is 16.4 Å². The molecule has 0 unspecified atom stereocenters. The highest BCUT2D eigenvalue weighted by Crippen LogP contribution is 2.45. The van der Waals surface area contributed by atoms with Crippen LogP contribution in [0.5, 0.6) is 0 Å². The number of benzene rings is 9. The molecule has 0 bridgehead atoms. The lowest BCUT2D eigenvalue weighted by molar-refractivity contribution is 0.669. The Morgan fingerprint density at radius 2 is 0.852 bits per heavy atom. The molecule has 0 saturated carbocycles. The van der Waals surface area contributed by atoms with Gasteiger partial charge < -0.3 is 9.32 Å². The molecule has 0 aliphatic carbocycles. The van der Waals surface area contributed by atoms with Crippen LogP contribution in [0.15, 0.2) is 217 Å². The second-order valence-corrected chi connectivity index (χ2v) is 13.7. The van der Waals surface area contributed by atoms with E-state index < -0.39 is 0 Å². The van der Waals surface area contributed by atoms with Gasteiger partial charge in [0, 0.05) is 16.8 Å². The SMILES string of the molecule is c1ccc(-c2cc(-c3ccccc3)cc(N(c3ccc(-c4cccc(-c5cccc6ccccc56)c4)cc3)c3cccc4oc5ccccc5c34)c2)cc1. The van der Waals surface area contributed by atoms with E-state index in [0.717, 1.165) is 55.7 Å². The van der Waals surface area contributed by atoms with Crippen LogP contribution >= 0.6 is 0 Å². The highest BCUT2D eigenvalue weighted by Gasteiger charge is 2.21. The summed E-state index contributed by atoms with van der Waals surface area (Å²) in [5, 5.41) is 4.69. The van der Waals surface area contributed by atoms with Crippen molar-refractivity contribution in [2.45, 2.75) is 0 Å². The van der Waals surface area contributed by atoms with Gasteiger partial charge in [0.1, 0.15) is 11.2 Å². The first kappa shape index (κ1) is 31.6. The number of anilines is 3. The van der Waals surface area contributed by atoms with E-state index in [-0.39, 0.29) is 0 Å². The standard InChI is InChI=1S/C52H35NO/c1-3-14-36(15-4-1)42-33-43(37-16-5-2-6-17-37)35-45(34-42)53(49-25-13-27-51-52(49)48-23-9-10-26-50(48)54-51)44-30-28-38(29-31-44)40-20-11-21-41(32-40)47-24-12-19-39-18-7-8-22-46(39)47/h1-35H. The van der Waals surface area contributed by atoms with Crippen molar-refractivity contribution in [3.8, 4) is 44.5 Å². The highest BCUT2D eigenvalue weighted by atomic mass is 16.3. The summed E-state index contributed by atoms with van der Waals surface area (Å²) in [7, 11) is 0. The minimum Gasteiger partial charge on any atom is -0.456 e. The Hall–Kier alpha value is -7.16. The summed E-state index contributed by atoms with van der Waals surface area (Å²) >= 11 is 0. The normalized spacial score (nSPS) is 11.3. The lowest BCUT2D eigenvalue weighted by atomic mass is 9.95. The van der Waals surface area contributed by atoms with E-state index in [9.17, 15) is 0 Å². The van der Waals surface area contributed by atoms with Crippen LogP contribution in [0.3, 0.4) is 0 Å². The monoisotopic (exact) mass is 689 g/mol. The molecule has 0 aliphatic heterocycles. The summed E-state index contributed by atoms with van der Waals surface area (Å²) < 4.78 is 6.43. The summed E-state index contributed by atoms with van der Waals surface area (Å²) in [6.45, 7) is 0. The Bertz CT molecular complexity index is 2860. The number of nitrogens with zero attached hydrogens (tertiary/aromatic N) is 1. The van der Waals surface area contributed by atoms with Crippen molar-refractivity contribution in [3.05, 3.63) is 212 Å². The summed E-state index contributed by atoms with van der Waals surface area (Å²) in [4.78, 5) is 2.39. The maximum atomic E-state index is 6.43. The number of hydrogen-bond acceptors (Lipinski definition) is 2. The van der Waals surface area contributed by atoms with Gasteiger partial charge in [0.15, 0.2) is 0 Å². The van der Waals surface area contributed by atoms with Crippen LogP contribution in [0, 0.1) is 0 Å². The third-order valence-corrected chi connectivity index (χ3v) is 10.4. The minimum absolute atomic E-state index is 0.864. The van der Waals surface area contributed by atoms with Gasteiger partial charge in [0.2, 0.25) is 0 Å². The molecule has 10 aromatic rings. The molecule has 0 radical (unpaired) electrons. The van der Waals surface area contributed by atoms with E-state index in [1.165, 1.54) is 38.6 Å². The van der Waals surface area contributed by atoms with Gasteiger partial charge in [-0.05, 0) is 110 Å². The van der Waals surface area contributed by atoms with Crippen LogP contribution in [0.25, 0.3) is 77.2 Å². The van der Waals surface area contributed by atoms with Gasteiger partial charge in [0.05, 0.1) is 11.1 Å². The van der Waals surface area contributed by atoms with E-state index in [1.807, 2.05) is 12.1 Å². The molecule has 2 nitrogen and oxygen atoms in total. The fourth-order valence-corrected chi connectivity index (χ4v) is 7.85. The molecule has 0 N–H and O–H groups in total. The summed E-state index contributed by atoms with van der Waals surface area (Å²) in [6, 6.07) is 75.9. The predicted molar refractivity (Wildman–Crippen MR) is 228 cm³/mol. The molecular weight excluding hydrogens is 655 g/mol. The number of hydrogen-bond donors (Lipinski definition) is 0. The molecule has 254 valence electrons. The number of fused-ring (bicyclic) bond motifs is 4. The highest BCUT2D eigenvalue weighted by molar-refractivity contribution is 6.13. The first-order valence-electron chi connectivity index (χ1n) is 18.4. The van der Waals surface area contributed by atoms with Crippen LogP contribution in [0.2, 0.25) is 0 Å². The molecule has 1 heterocycles. The maximum Gasteiger partial charge on any atom is 0.137 e. The quantitative estimate of drug-likeness (QED) is 0.166. The van der Waals surface area contributed by atoms with Crippen molar-refractivity contribution in [2.75, 3.05) is 4.90 Å². The zero-order chi connectivity index (χ0) is 35.8. The van der Waals surface area contributed by atoms with Crippen molar-refractivity contribution in [1.82, 2.24) is 0 Å². The molecule has 0 aliphatic rings. The lowest BCUT2D eigenvalue weighted by Crippen LogP contribution is -2.10. The summed E-state index contributed by atoms with van der Waals surface area (Å²) in [5.74, 6) is 0. The molecule has 0 amide bonds. The molecule has 0 saturated heterocycles. The van der Waals surface area contributed by atoms with Gasteiger partial charge in [-0.2, -0.15) is 0 Å². The maximum absolute atomic E-state index is 6.43. The van der Waals surface area contributed by atoms with E-state index in [2.05, 4.69) is 205 Å². The van der Waals surface area contributed by atoms with Crippen molar-refractivity contribution in [2.24, 2.45) is 0 Å². The van der Waals surface area contributed by atoms with E-state index in [4.69, 9.17) is 4.42 Å². The largest absolute Gasteiger partial charge is 0.456 e. The van der Waals surface area contributed by atoms with Crippen LogP contribution in [0.1, 0.15) is 0 Å². The van der Waals surface area contributed by atoms with Crippen molar-refractivity contribution < 1.29 is 4.42 Å². The van der Waals surface area contributed by atoms with Crippen molar-refractivity contribution >= 4 is 49.8 Å². The summed E-state index contributed by atoms with van der Waals surface area (Å²) in [5.41, 5.74) is 14.4. The minimum atomic E-state index is 0.864. The second kappa shape index (κ2) is 13.4. The fraction of sp³-hybridized carbons (Fsp3) is 0. The Balaban J connectivity index is 1.15. The Morgan fingerprint density at radius 1 is 0.315 bits per heavy atom. The lowest BCUT2D eigenvalue weighted by Gasteiger charge is -2.28. The first-order valence-corrected chi connectivity index (χ1v) is 18.4. The predicted octanol–water partition coefficient (Wildman–Crippen LogP) is 14.9. The molecule has 10 rings (SSSR count). The fourth-order valence-electron chi connectivity index (χ4n) is 7.85. The summed E-state index contributed by atoms with van der Waals surface area (Å²) in [6.07, 6.45) is 0. The van der Waals surface area contributed by atoms with Crippen LogP contribution in [0.4, 0.5) is 17.1 Å². The zero-order valence-corrected chi connectivity index (χ0v) is 29.6. The molecule has 0 fully saturated rings.